The fourth-order valence-electron chi connectivity index (χ4n) is 2.84. The Morgan fingerprint density at radius 1 is 0.960 bits per heavy atom. The molecule has 1 aliphatic heterocycles. The summed E-state index contributed by atoms with van der Waals surface area (Å²) in [5.41, 5.74) is 4.28. The molecule has 126 valence electrons. The van der Waals surface area contributed by atoms with Crippen molar-refractivity contribution in [2.75, 3.05) is 11.6 Å². The van der Waals surface area contributed by atoms with Crippen LogP contribution in [0.3, 0.4) is 0 Å². The number of anilines is 1. The molecule has 0 saturated carbocycles. The van der Waals surface area contributed by atoms with Crippen LogP contribution in [0.25, 0.3) is 6.08 Å². The van der Waals surface area contributed by atoms with Gasteiger partial charge in [-0.15, -0.1) is 0 Å². The number of benzene rings is 2. The van der Waals surface area contributed by atoms with Gasteiger partial charge in [-0.25, -0.2) is 0 Å². The van der Waals surface area contributed by atoms with Crippen LogP contribution in [0.2, 0.25) is 0 Å². The van der Waals surface area contributed by atoms with Crippen molar-refractivity contribution in [1.29, 1.82) is 0 Å². The van der Waals surface area contributed by atoms with Crippen LogP contribution < -0.4 is 5.01 Å². The average Bonchev–Trinajstić information content (AvgIpc) is 3.10. The lowest BCUT2D eigenvalue weighted by atomic mass is 10.0. The van der Waals surface area contributed by atoms with Gasteiger partial charge < -0.3 is 0 Å². The van der Waals surface area contributed by atoms with Crippen LogP contribution in [-0.2, 0) is 9.59 Å². The number of Topliss-reactive ketones (excluding diaryl/α,β-unsaturated/α-hetero) is 2. The fourth-order valence-corrected chi connectivity index (χ4v) is 2.84. The number of ketones is 2. The number of hydrogen-bond acceptors (Lipinski definition) is 4. The van der Waals surface area contributed by atoms with E-state index in [4.69, 9.17) is 5.10 Å². The van der Waals surface area contributed by atoms with Gasteiger partial charge in [0, 0.05) is 13.0 Å². The molecule has 0 bridgehead atoms. The molecule has 2 aromatic carbocycles. The lowest BCUT2D eigenvalue weighted by molar-refractivity contribution is -0.119. The Bertz CT molecular complexity index is 833. The van der Waals surface area contributed by atoms with Crippen molar-refractivity contribution in [3.8, 4) is 0 Å². The normalized spacial score (nSPS) is 13.4. The number of hydrogen-bond donors (Lipinski definition) is 0. The maximum Gasteiger partial charge on any atom is 0.163 e. The minimum Gasteiger partial charge on any atom is -0.294 e. The van der Waals surface area contributed by atoms with Crippen molar-refractivity contribution in [3.63, 3.8) is 0 Å². The number of carbonyl (C=O) groups is 2. The van der Waals surface area contributed by atoms with E-state index in [1.54, 1.807) is 6.08 Å². The molecule has 0 spiro atoms. The Morgan fingerprint density at radius 3 is 2.20 bits per heavy atom. The van der Waals surface area contributed by atoms with Crippen molar-refractivity contribution in [3.05, 3.63) is 71.3 Å². The molecule has 4 heteroatoms. The molecule has 0 aromatic heterocycles. The van der Waals surface area contributed by atoms with E-state index >= 15 is 0 Å². The third-order valence-corrected chi connectivity index (χ3v) is 4.17. The van der Waals surface area contributed by atoms with Crippen LogP contribution in [-0.4, -0.2) is 23.8 Å². The molecule has 0 saturated heterocycles. The minimum absolute atomic E-state index is 0.215. The molecule has 0 N–H and O–H groups in total. The van der Waals surface area contributed by atoms with Crippen LogP contribution >= 0.6 is 0 Å². The Balaban J connectivity index is 1.80. The summed E-state index contributed by atoms with van der Waals surface area (Å²) in [5, 5.41) is 6.68. The van der Waals surface area contributed by atoms with E-state index in [-0.39, 0.29) is 17.1 Å². The molecule has 4 nitrogen and oxygen atoms in total. The van der Waals surface area contributed by atoms with Crippen molar-refractivity contribution in [2.45, 2.75) is 20.3 Å². The van der Waals surface area contributed by atoms with E-state index in [0.29, 0.717) is 0 Å². The predicted octanol–water partition coefficient (Wildman–Crippen LogP) is 3.86. The molecule has 0 aliphatic carbocycles. The first-order valence-electron chi connectivity index (χ1n) is 8.28. The van der Waals surface area contributed by atoms with E-state index in [1.807, 2.05) is 47.5 Å². The molecule has 1 aliphatic rings. The molecule has 0 unspecified atom stereocenters. The maximum absolute atomic E-state index is 11.5. The van der Waals surface area contributed by atoms with Gasteiger partial charge in [-0.1, -0.05) is 42.5 Å². The Hall–Kier alpha value is -3.01. The molecule has 0 fully saturated rings. The molecule has 1 heterocycles. The molecule has 0 amide bonds. The molecule has 0 radical (unpaired) electrons. The Kier molecular flexibility index (Phi) is 4.89. The van der Waals surface area contributed by atoms with Gasteiger partial charge in [-0.2, -0.15) is 5.10 Å². The zero-order chi connectivity index (χ0) is 17.8. The lowest BCUT2D eigenvalue weighted by Gasteiger charge is -2.13. The van der Waals surface area contributed by atoms with Crippen LogP contribution in [0.4, 0.5) is 5.69 Å². The summed E-state index contributed by atoms with van der Waals surface area (Å²) in [5.74, 6) is -0.429. The van der Waals surface area contributed by atoms with Gasteiger partial charge in [0.1, 0.15) is 0 Å². The summed E-state index contributed by atoms with van der Waals surface area (Å²) in [6, 6.07) is 17.9. The third-order valence-electron chi connectivity index (χ3n) is 4.17. The largest absolute Gasteiger partial charge is 0.294 e. The smallest absolute Gasteiger partial charge is 0.163 e. The summed E-state index contributed by atoms with van der Waals surface area (Å²) in [4.78, 5) is 23.0. The Morgan fingerprint density at radius 2 is 1.60 bits per heavy atom. The zero-order valence-corrected chi connectivity index (χ0v) is 14.4. The molecule has 2 aromatic rings. The van der Waals surface area contributed by atoms with E-state index in [2.05, 4.69) is 12.1 Å². The second-order valence-electron chi connectivity index (χ2n) is 6.05. The number of nitrogens with zero attached hydrogens (tertiary/aromatic N) is 2. The topological polar surface area (TPSA) is 49.7 Å². The molecule has 0 atom stereocenters. The van der Waals surface area contributed by atoms with E-state index in [1.165, 1.54) is 13.8 Å². The number of hydrazone groups is 1. The number of allylic oxidation sites excluding steroid dienone is 1. The molecular weight excluding hydrogens is 312 g/mol. The summed E-state index contributed by atoms with van der Waals surface area (Å²) >= 11 is 0. The number of rotatable bonds is 5. The highest BCUT2D eigenvalue weighted by molar-refractivity contribution is 6.21. The summed E-state index contributed by atoms with van der Waals surface area (Å²) in [6.07, 6.45) is 2.54. The van der Waals surface area contributed by atoms with E-state index in [9.17, 15) is 9.59 Å². The maximum atomic E-state index is 11.5. The van der Waals surface area contributed by atoms with Crippen molar-refractivity contribution >= 4 is 29.0 Å². The van der Waals surface area contributed by atoms with E-state index < -0.39 is 0 Å². The SMILES string of the molecule is CC(=O)C(=Cc1ccc(N2CCC(c3ccccc3)=N2)cc1)C(C)=O. The minimum atomic E-state index is -0.215. The van der Waals surface area contributed by atoms with Gasteiger partial charge in [0.25, 0.3) is 0 Å². The van der Waals surface area contributed by atoms with Crippen LogP contribution in [0, 0.1) is 0 Å². The van der Waals surface area contributed by atoms with E-state index in [0.717, 1.165) is 35.5 Å². The summed E-state index contributed by atoms with van der Waals surface area (Å²) in [7, 11) is 0. The lowest BCUT2D eigenvalue weighted by Crippen LogP contribution is -2.11. The second kappa shape index (κ2) is 7.26. The first-order valence-corrected chi connectivity index (χ1v) is 8.28. The van der Waals surface area contributed by atoms with Gasteiger partial charge in [0.2, 0.25) is 0 Å². The standard InChI is InChI=1S/C21H20N2O2/c1-15(24)20(16(2)25)14-17-8-10-19(11-9-17)23-13-12-21(22-23)18-6-4-3-5-7-18/h3-11,14H,12-13H2,1-2H3. The van der Waals surface area contributed by atoms with Gasteiger partial charge in [-0.3, -0.25) is 14.6 Å². The third kappa shape index (κ3) is 3.91. The first kappa shape index (κ1) is 16.8. The highest BCUT2D eigenvalue weighted by Crippen LogP contribution is 2.23. The molecule has 3 rings (SSSR count). The van der Waals surface area contributed by atoms with Gasteiger partial charge in [-0.05, 0) is 43.2 Å². The second-order valence-corrected chi connectivity index (χ2v) is 6.05. The van der Waals surface area contributed by atoms with Crippen LogP contribution in [0.1, 0.15) is 31.4 Å². The Labute approximate surface area is 147 Å². The summed E-state index contributed by atoms with van der Waals surface area (Å²) < 4.78 is 0. The van der Waals surface area contributed by atoms with Gasteiger partial charge in [0.15, 0.2) is 11.6 Å². The van der Waals surface area contributed by atoms with Crippen molar-refractivity contribution < 1.29 is 9.59 Å². The summed E-state index contributed by atoms with van der Waals surface area (Å²) in [6.45, 7) is 3.66. The predicted molar refractivity (Wildman–Crippen MR) is 101 cm³/mol. The van der Waals surface area contributed by atoms with Crippen molar-refractivity contribution in [2.24, 2.45) is 5.10 Å². The fraction of sp³-hybridized carbons (Fsp3) is 0.190. The van der Waals surface area contributed by atoms with Gasteiger partial charge >= 0.3 is 0 Å². The molecular formula is C21H20N2O2. The van der Waals surface area contributed by atoms with Gasteiger partial charge in [0.05, 0.1) is 17.0 Å². The van der Waals surface area contributed by atoms with Crippen LogP contribution in [0.15, 0.2) is 65.3 Å². The number of carbonyl (C=O) groups excluding carboxylic acids is 2. The van der Waals surface area contributed by atoms with Crippen molar-refractivity contribution in [1.82, 2.24) is 0 Å². The highest BCUT2D eigenvalue weighted by atomic mass is 16.1. The quantitative estimate of drug-likeness (QED) is 0.474. The first-order chi connectivity index (χ1) is 12.0. The molecule has 25 heavy (non-hydrogen) atoms. The zero-order valence-electron chi connectivity index (χ0n) is 14.4. The average molecular weight is 332 g/mol. The highest BCUT2D eigenvalue weighted by Gasteiger charge is 2.17. The monoisotopic (exact) mass is 332 g/mol. The van der Waals surface area contributed by atoms with Crippen LogP contribution in [0.5, 0.6) is 0 Å².